The van der Waals surface area contributed by atoms with E-state index < -0.39 is 0 Å². The molecule has 4 nitrogen and oxygen atoms in total. The Labute approximate surface area is 197 Å². The second-order valence-corrected chi connectivity index (χ2v) is 9.54. The van der Waals surface area contributed by atoms with Gasteiger partial charge in [-0.3, -0.25) is 4.79 Å². The first-order valence-corrected chi connectivity index (χ1v) is 12.2. The van der Waals surface area contributed by atoms with Crippen LogP contribution in [0.15, 0.2) is 78.2 Å². The molecule has 1 saturated heterocycles. The molecule has 1 fully saturated rings. The summed E-state index contributed by atoms with van der Waals surface area (Å²) in [6.07, 6.45) is 3.10. The molecule has 162 valence electrons. The van der Waals surface area contributed by atoms with Gasteiger partial charge < -0.3 is 4.90 Å². The molecule has 1 aliphatic rings. The van der Waals surface area contributed by atoms with Crippen LogP contribution in [0.4, 0.5) is 0 Å². The van der Waals surface area contributed by atoms with E-state index in [0.717, 1.165) is 48.6 Å². The number of para-hydroxylation sites is 1. The number of nitrogens with zero attached hydrogens (tertiary/aromatic N) is 3. The van der Waals surface area contributed by atoms with Crippen molar-refractivity contribution in [1.82, 2.24) is 14.7 Å². The zero-order valence-electron chi connectivity index (χ0n) is 17.7. The number of halogens is 1. The van der Waals surface area contributed by atoms with Gasteiger partial charge in [0, 0.05) is 13.1 Å². The maximum absolute atomic E-state index is 13.6. The van der Waals surface area contributed by atoms with Crippen molar-refractivity contribution in [2.75, 3.05) is 13.1 Å². The Morgan fingerprint density at radius 2 is 1.75 bits per heavy atom. The summed E-state index contributed by atoms with van der Waals surface area (Å²) in [4.78, 5) is 16.6. The molecular formula is C26H24ClN3OS. The van der Waals surface area contributed by atoms with E-state index in [9.17, 15) is 4.79 Å². The summed E-state index contributed by atoms with van der Waals surface area (Å²) in [6.45, 7) is 1.52. The van der Waals surface area contributed by atoms with Gasteiger partial charge >= 0.3 is 0 Å². The van der Waals surface area contributed by atoms with Crippen molar-refractivity contribution in [2.24, 2.45) is 5.92 Å². The first kappa shape index (κ1) is 21.0. The molecule has 0 spiro atoms. The second-order valence-electron chi connectivity index (χ2n) is 8.18. The van der Waals surface area contributed by atoms with Crippen LogP contribution in [0.1, 0.15) is 28.9 Å². The van der Waals surface area contributed by atoms with Crippen molar-refractivity contribution in [2.45, 2.75) is 19.3 Å². The number of rotatable bonds is 5. The van der Waals surface area contributed by atoms with Gasteiger partial charge in [-0.05, 0) is 60.4 Å². The molecule has 4 aromatic rings. The first-order chi connectivity index (χ1) is 15.7. The average Bonchev–Trinajstić information content (AvgIpc) is 3.51. The number of carbonyl (C=O) groups is 1. The number of hydrogen-bond acceptors (Lipinski definition) is 3. The molecule has 2 aromatic carbocycles. The molecule has 0 bridgehead atoms. The minimum absolute atomic E-state index is 0.0124. The Morgan fingerprint density at radius 1 is 1.00 bits per heavy atom. The van der Waals surface area contributed by atoms with Crippen LogP contribution in [0.5, 0.6) is 0 Å². The summed E-state index contributed by atoms with van der Waals surface area (Å²) in [6, 6.07) is 24.0. The topological polar surface area (TPSA) is 38.1 Å². The smallest absolute Gasteiger partial charge is 0.272 e. The van der Waals surface area contributed by atoms with E-state index in [1.165, 1.54) is 5.56 Å². The zero-order chi connectivity index (χ0) is 21.9. The third-order valence-corrected chi connectivity index (χ3v) is 7.26. The fourth-order valence-electron chi connectivity index (χ4n) is 4.33. The number of carbonyl (C=O) groups excluding carboxylic acids is 1. The quantitative estimate of drug-likeness (QED) is 0.347. The highest BCUT2D eigenvalue weighted by Gasteiger charge is 2.27. The van der Waals surface area contributed by atoms with Crippen LogP contribution in [0.3, 0.4) is 0 Å². The molecule has 5 rings (SSSR count). The van der Waals surface area contributed by atoms with E-state index in [1.54, 1.807) is 16.0 Å². The van der Waals surface area contributed by atoms with Gasteiger partial charge in [-0.1, -0.05) is 60.1 Å². The van der Waals surface area contributed by atoms with E-state index >= 15 is 0 Å². The Kier molecular flexibility index (Phi) is 6.10. The Bertz CT molecular complexity index is 1200. The lowest BCUT2D eigenvalue weighted by Gasteiger charge is -2.32. The highest BCUT2D eigenvalue weighted by molar-refractivity contribution is 7.13. The van der Waals surface area contributed by atoms with Gasteiger partial charge in [-0.2, -0.15) is 5.10 Å². The van der Waals surface area contributed by atoms with E-state index in [-0.39, 0.29) is 5.91 Å². The molecule has 2 aromatic heterocycles. The standard InChI is InChI=1S/C26H24ClN3OS/c27-21-9-4-5-10-23(21)30-24(18-22(28-30)25-11-6-16-32-25)26(31)29-14-12-20(13-15-29)17-19-7-2-1-3-8-19/h1-11,16,18,20H,12-15,17H2. The van der Waals surface area contributed by atoms with Crippen molar-refractivity contribution in [3.8, 4) is 16.3 Å². The van der Waals surface area contributed by atoms with Crippen molar-refractivity contribution in [1.29, 1.82) is 0 Å². The van der Waals surface area contributed by atoms with Gasteiger partial charge in [0.05, 0.1) is 15.6 Å². The molecule has 0 unspecified atom stereocenters. The molecule has 32 heavy (non-hydrogen) atoms. The maximum atomic E-state index is 13.6. The maximum Gasteiger partial charge on any atom is 0.272 e. The van der Waals surface area contributed by atoms with Gasteiger partial charge in [-0.25, -0.2) is 4.68 Å². The third-order valence-electron chi connectivity index (χ3n) is 6.05. The van der Waals surface area contributed by atoms with E-state index in [1.807, 2.05) is 52.7 Å². The van der Waals surface area contributed by atoms with Crippen molar-refractivity contribution < 1.29 is 4.79 Å². The molecule has 0 aliphatic carbocycles. The molecular weight excluding hydrogens is 438 g/mol. The predicted molar refractivity (Wildman–Crippen MR) is 131 cm³/mol. The van der Waals surface area contributed by atoms with Crippen LogP contribution in [0.2, 0.25) is 5.02 Å². The number of piperidine rings is 1. The summed E-state index contributed by atoms with van der Waals surface area (Å²) in [5.74, 6) is 0.620. The van der Waals surface area contributed by atoms with Gasteiger partial charge in [0.15, 0.2) is 0 Å². The Morgan fingerprint density at radius 3 is 2.47 bits per heavy atom. The summed E-state index contributed by atoms with van der Waals surface area (Å²) in [5.41, 5.74) is 3.44. The lowest BCUT2D eigenvalue weighted by atomic mass is 9.90. The van der Waals surface area contributed by atoms with Gasteiger partial charge in [0.1, 0.15) is 11.4 Å². The molecule has 1 amide bonds. The summed E-state index contributed by atoms with van der Waals surface area (Å²) in [7, 11) is 0. The number of benzene rings is 2. The highest BCUT2D eigenvalue weighted by Crippen LogP contribution is 2.30. The monoisotopic (exact) mass is 461 g/mol. The van der Waals surface area contributed by atoms with Crippen LogP contribution in [0, 0.1) is 5.92 Å². The van der Waals surface area contributed by atoms with Gasteiger partial charge in [-0.15, -0.1) is 11.3 Å². The van der Waals surface area contributed by atoms with Crippen LogP contribution < -0.4 is 0 Å². The lowest BCUT2D eigenvalue weighted by molar-refractivity contribution is 0.0681. The highest BCUT2D eigenvalue weighted by atomic mass is 35.5. The third kappa shape index (κ3) is 4.36. The number of hydrogen-bond donors (Lipinski definition) is 0. The Balaban J connectivity index is 1.38. The number of aromatic nitrogens is 2. The largest absolute Gasteiger partial charge is 0.337 e. The minimum atomic E-state index is 0.0124. The number of amides is 1. The fourth-order valence-corrected chi connectivity index (χ4v) is 5.23. The molecule has 3 heterocycles. The number of thiophene rings is 1. The van der Waals surface area contributed by atoms with E-state index in [0.29, 0.717) is 16.6 Å². The molecule has 1 aliphatic heterocycles. The zero-order valence-corrected chi connectivity index (χ0v) is 19.2. The fraction of sp³-hybridized carbons (Fsp3) is 0.231. The van der Waals surface area contributed by atoms with Crippen molar-refractivity contribution >= 4 is 28.8 Å². The predicted octanol–water partition coefficient (Wildman–Crippen LogP) is 6.35. The lowest BCUT2D eigenvalue weighted by Crippen LogP contribution is -2.39. The normalized spacial score (nSPS) is 14.6. The molecule has 0 radical (unpaired) electrons. The molecule has 0 N–H and O–H groups in total. The van der Waals surface area contributed by atoms with Crippen molar-refractivity contribution in [3.63, 3.8) is 0 Å². The molecule has 6 heteroatoms. The molecule has 0 atom stereocenters. The summed E-state index contributed by atoms with van der Waals surface area (Å²) >= 11 is 8.08. The van der Waals surface area contributed by atoms with Crippen LogP contribution in [-0.4, -0.2) is 33.7 Å². The van der Waals surface area contributed by atoms with Gasteiger partial charge in [0.25, 0.3) is 5.91 Å². The Hall–Kier alpha value is -2.89. The average molecular weight is 462 g/mol. The van der Waals surface area contributed by atoms with Crippen LogP contribution >= 0.6 is 22.9 Å². The first-order valence-electron chi connectivity index (χ1n) is 10.9. The van der Waals surface area contributed by atoms with Crippen LogP contribution in [0.25, 0.3) is 16.3 Å². The van der Waals surface area contributed by atoms with Crippen molar-refractivity contribution in [3.05, 3.63) is 94.5 Å². The summed E-state index contributed by atoms with van der Waals surface area (Å²) < 4.78 is 1.70. The second kappa shape index (κ2) is 9.31. The SMILES string of the molecule is O=C(c1cc(-c2cccs2)nn1-c1ccccc1Cl)N1CCC(Cc2ccccc2)CC1. The molecule has 0 saturated carbocycles. The van der Waals surface area contributed by atoms with E-state index in [4.69, 9.17) is 16.7 Å². The van der Waals surface area contributed by atoms with Gasteiger partial charge in [0.2, 0.25) is 0 Å². The van der Waals surface area contributed by atoms with E-state index in [2.05, 4.69) is 30.3 Å². The minimum Gasteiger partial charge on any atom is -0.337 e. The van der Waals surface area contributed by atoms with Crippen LogP contribution in [-0.2, 0) is 6.42 Å². The summed E-state index contributed by atoms with van der Waals surface area (Å²) in [5, 5.41) is 7.36. The number of likely N-dealkylation sites (tertiary alicyclic amines) is 1.